The smallest absolute Gasteiger partial charge is 0.261 e. The number of carbonyl (C=O) groups excluding carboxylic acids is 1. The van der Waals surface area contributed by atoms with Crippen molar-refractivity contribution in [2.75, 3.05) is 43.9 Å². The van der Waals surface area contributed by atoms with Crippen LogP contribution in [0, 0.1) is 6.92 Å². The van der Waals surface area contributed by atoms with Crippen molar-refractivity contribution in [3.05, 3.63) is 47.5 Å². The molecule has 7 heteroatoms. The topological polar surface area (TPSA) is 45.7 Å². The molecule has 2 aromatic carbocycles. The molecule has 1 aromatic heterocycles. The number of carbonyl (C=O) groups is 1. The Morgan fingerprint density at radius 3 is 2.52 bits per heavy atom. The normalized spacial score (nSPS) is 11.3. The highest BCUT2D eigenvalue weighted by Crippen LogP contribution is 2.37. The van der Waals surface area contributed by atoms with Crippen molar-refractivity contribution >= 4 is 44.4 Å². The van der Waals surface area contributed by atoms with Crippen molar-refractivity contribution in [3.63, 3.8) is 0 Å². The van der Waals surface area contributed by atoms with Gasteiger partial charge in [0.05, 0.1) is 17.4 Å². The number of ether oxygens (including phenoxy) is 1. The van der Waals surface area contributed by atoms with Gasteiger partial charge in [0.15, 0.2) is 5.13 Å². The van der Waals surface area contributed by atoms with Gasteiger partial charge in [0.1, 0.15) is 11.3 Å². The monoisotopic (exact) mass is 457 g/mol. The van der Waals surface area contributed by atoms with Crippen LogP contribution in [0.5, 0.6) is 5.75 Å². The Morgan fingerprint density at radius 1 is 1.10 bits per heavy atom. The Hall–Kier alpha value is -2.09. The first-order valence-electron chi connectivity index (χ1n) is 10.7. The molecule has 1 heterocycles. The van der Waals surface area contributed by atoms with Crippen molar-refractivity contribution in [1.82, 2.24) is 9.88 Å². The second-order valence-corrected chi connectivity index (χ2v) is 9.46. The van der Waals surface area contributed by atoms with Gasteiger partial charge in [0.2, 0.25) is 0 Å². The van der Waals surface area contributed by atoms with Crippen LogP contribution in [-0.4, -0.2) is 54.8 Å². The number of methoxy groups -OCH3 is 1. The lowest BCUT2D eigenvalue weighted by molar-refractivity contribution is 0.0981. The minimum atomic E-state index is -0.000572. The number of rotatable bonds is 10. The quantitative estimate of drug-likeness (QED) is 0.365. The molecule has 0 radical (unpaired) electrons. The Balaban J connectivity index is 2.06. The van der Waals surface area contributed by atoms with E-state index in [2.05, 4.69) is 32.6 Å². The van der Waals surface area contributed by atoms with Crippen LogP contribution in [0.3, 0.4) is 0 Å². The van der Waals surface area contributed by atoms with Crippen molar-refractivity contribution in [2.45, 2.75) is 32.6 Å². The Labute approximate surface area is 193 Å². The maximum absolute atomic E-state index is 13.8. The lowest BCUT2D eigenvalue weighted by Crippen LogP contribution is -2.39. The molecule has 0 spiro atoms. The van der Waals surface area contributed by atoms with Gasteiger partial charge in [-0.3, -0.25) is 9.69 Å². The summed E-state index contributed by atoms with van der Waals surface area (Å²) in [4.78, 5) is 23.8. The maximum Gasteiger partial charge on any atom is 0.261 e. The van der Waals surface area contributed by atoms with Gasteiger partial charge in [-0.05, 0) is 49.5 Å². The van der Waals surface area contributed by atoms with Crippen molar-refractivity contribution in [3.8, 4) is 5.75 Å². The standard InChI is InChI=1S/C24H31N3O2S2/c1-6-26(7-2)15-16-27(23(28)18-11-9-10-12-20(18)30-8-3)24-25-21-19(29-5)14-13-17(4)22(21)31-24/h9-14H,6-8,15-16H2,1-5H3. The molecular formula is C24H31N3O2S2. The SMILES string of the molecule is CCSc1ccccc1C(=O)N(CCN(CC)CC)c1nc2c(OC)ccc(C)c2s1. The van der Waals surface area contributed by atoms with Crippen LogP contribution < -0.4 is 9.64 Å². The fraction of sp³-hybridized carbons (Fsp3) is 0.417. The van der Waals surface area contributed by atoms with E-state index in [1.165, 1.54) is 0 Å². The second kappa shape index (κ2) is 11.0. The average molecular weight is 458 g/mol. The van der Waals surface area contributed by atoms with Crippen LogP contribution >= 0.6 is 23.1 Å². The highest BCUT2D eigenvalue weighted by molar-refractivity contribution is 7.99. The van der Waals surface area contributed by atoms with Crippen LogP contribution in [0.2, 0.25) is 0 Å². The molecule has 0 saturated heterocycles. The van der Waals surface area contributed by atoms with E-state index < -0.39 is 0 Å². The average Bonchev–Trinajstić information content (AvgIpc) is 3.23. The number of nitrogens with zero attached hydrogens (tertiary/aromatic N) is 3. The van der Waals surface area contributed by atoms with Gasteiger partial charge < -0.3 is 9.64 Å². The van der Waals surface area contributed by atoms with Gasteiger partial charge in [-0.15, -0.1) is 11.8 Å². The minimum absolute atomic E-state index is 0.000572. The number of amides is 1. The summed E-state index contributed by atoms with van der Waals surface area (Å²) < 4.78 is 6.60. The fourth-order valence-electron chi connectivity index (χ4n) is 3.51. The number of aromatic nitrogens is 1. The molecule has 1 amide bonds. The molecule has 0 fully saturated rings. The molecule has 0 unspecified atom stereocenters. The van der Waals surface area contributed by atoms with E-state index in [0.29, 0.717) is 6.54 Å². The zero-order valence-electron chi connectivity index (χ0n) is 19.0. The number of fused-ring (bicyclic) bond motifs is 1. The number of benzene rings is 2. The molecule has 3 rings (SSSR count). The number of likely N-dealkylation sites (N-methyl/N-ethyl adjacent to an activating group) is 1. The van der Waals surface area contributed by atoms with Crippen LogP contribution in [-0.2, 0) is 0 Å². The first-order chi connectivity index (χ1) is 15.0. The third-order valence-corrected chi connectivity index (χ3v) is 7.51. The summed E-state index contributed by atoms with van der Waals surface area (Å²) in [5.41, 5.74) is 2.69. The van der Waals surface area contributed by atoms with Crippen molar-refractivity contribution < 1.29 is 9.53 Å². The third-order valence-electron chi connectivity index (χ3n) is 5.34. The molecule has 0 aliphatic carbocycles. The molecule has 0 atom stereocenters. The predicted molar refractivity (Wildman–Crippen MR) is 133 cm³/mol. The molecule has 5 nitrogen and oxygen atoms in total. The van der Waals surface area contributed by atoms with Gasteiger partial charge in [-0.2, -0.15) is 0 Å². The predicted octanol–water partition coefficient (Wildman–Crippen LogP) is 5.71. The summed E-state index contributed by atoms with van der Waals surface area (Å²) in [5.74, 6) is 1.65. The number of hydrogen-bond acceptors (Lipinski definition) is 6. The summed E-state index contributed by atoms with van der Waals surface area (Å²) in [6.45, 7) is 11.8. The lowest BCUT2D eigenvalue weighted by atomic mass is 10.2. The Bertz CT molecular complexity index is 1030. The summed E-state index contributed by atoms with van der Waals surface area (Å²) >= 11 is 3.25. The molecule has 0 N–H and O–H groups in total. The number of aryl methyl sites for hydroxylation is 1. The lowest BCUT2D eigenvalue weighted by Gasteiger charge is -2.25. The van der Waals surface area contributed by atoms with E-state index in [0.717, 1.165) is 62.5 Å². The summed E-state index contributed by atoms with van der Waals surface area (Å²) in [6, 6.07) is 11.8. The highest BCUT2D eigenvalue weighted by atomic mass is 32.2. The van der Waals surface area contributed by atoms with Gasteiger partial charge in [-0.1, -0.05) is 50.3 Å². The Kier molecular flexibility index (Phi) is 8.35. The molecule has 0 saturated carbocycles. The zero-order valence-corrected chi connectivity index (χ0v) is 20.6. The zero-order chi connectivity index (χ0) is 22.4. The van der Waals surface area contributed by atoms with E-state index in [-0.39, 0.29) is 5.91 Å². The number of thioether (sulfide) groups is 1. The fourth-order valence-corrected chi connectivity index (χ4v) is 5.39. The highest BCUT2D eigenvalue weighted by Gasteiger charge is 2.25. The number of hydrogen-bond donors (Lipinski definition) is 0. The summed E-state index contributed by atoms with van der Waals surface area (Å²) in [5, 5.41) is 0.719. The first kappa shape index (κ1) is 23.6. The molecule has 0 bridgehead atoms. The van der Waals surface area contributed by atoms with Crippen molar-refractivity contribution in [2.24, 2.45) is 0 Å². The van der Waals surface area contributed by atoms with E-state index in [1.807, 2.05) is 41.3 Å². The summed E-state index contributed by atoms with van der Waals surface area (Å²) in [6.07, 6.45) is 0. The maximum atomic E-state index is 13.8. The van der Waals surface area contributed by atoms with E-state index in [9.17, 15) is 4.79 Å². The summed E-state index contributed by atoms with van der Waals surface area (Å²) in [7, 11) is 1.66. The molecule has 166 valence electrons. The van der Waals surface area contributed by atoms with E-state index in [1.54, 1.807) is 30.2 Å². The van der Waals surface area contributed by atoms with Crippen LogP contribution in [0.15, 0.2) is 41.3 Å². The van der Waals surface area contributed by atoms with Crippen LogP contribution in [0.4, 0.5) is 5.13 Å². The minimum Gasteiger partial charge on any atom is -0.494 e. The van der Waals surface area contributed by atoms with E-state index in [4.69, 9.17) is 9.72 Å². The molecule has 3 aromatic rings. The van der Waals surface area contributed by atoms with Crippen molar-refractivity contribution in [1.29, 1.82) is 0 Å². The van der Waals surface area contributed by atoms with E-state index >= 15 is 0 Å². The second-order valence-electron chi connectivity index (χ2n) is 7.17. The van der Waals surface area contributed by atoms with Crippen LogP contribution in [0.25, 0.3) is 10.2 Å². The molecule has 0 aliphatic heterocycles. The van der Waals surface area contributed by atoms with Crippen LogP contribution in [0.1, 0.15) is 36.7 Å². The van der Waals surface area contributed by atoms with Gasteiger partial charge in [0, 0.05) is 18.0 Å². The number of thiazole rings is 1. The molecule has 0 aliphatic rings. The van der Waals surface area contributed by atoms with Gasteiger partial charge in [-0.25, -0.2) is 4.98 Å². The van der Waals surface area contributed by atoms with Gasteiger partial charge >= 0.3 is 0 Å². The Morgan fingerprint density at radius 2 is 1.84 bits per heavy atom. The van der Waals surface area contributed by atoms with Gasteiger partial charge in [0.25, 0.3) is 5.91 Å². The largest absolute Gasteiger partial charge is 0.494 e. The third kappa shape index (κ3) is 5.22. The molecule has 31 heavy (non-hydrogen) atoms. The molecular weight excluding hydrogens is 426 g/mol. The first-order valence-corrected chi connectivity index (χ1v) is 12.5. The number of anilines is 1.